The lowest BCUT2D eigenvalue weighted by molar-refractivity contribution is -0.139. The van der Waals surface area contributed by atoms with E-state index in [1.165, 1.54) is 6.92 Å². The molecule has 0 rings (SSSR count). The second kappa shape index (κ2) is 9.69. The largest absolute Gasteiger partial charge is 0.460 e. The van der Waals surface area contributed by atoms with E-state index in [2.05, 4.69) is 27.9 Å². The quantitative estimate of drug-likeness (QED) is 0.300. The van der Waals surface area contributed by atoms with Gasteiger partial charge in [0.25, 0.3) is 0 Å². The molecule has 0 spiro atoms. The average Bonchev–Trinajstić information content (AvgIpc) is 2.38. The topological polar surface area (TPSA) is 90.9 Å². The summed E-state index contributed by atoms with van der Waals surface area (Å²) in [6.07, 6.45) is 0.316. The Morgan fingerprint density at radius 2 is 1.74 bits per heavy atom. The van der Waals surface area contributed by atoms with E-state index in [1.54, 1.807) is 0 Å². The summed E-state index contributed by atoms with van der Waals surface area (Å²) < 4.78 is 14.0. The van der Waals surface area contributed by atoms with Crippen molar-refractivity contribution in [3.05, 3.63) is 24.8 Å². The minimum atomic E-state index is -0.693. The van der Waals surface area contributed by atoms with Crippen molar-refractivity contribution >= 4 is 18.0 Å². The molecule has 0 radical (unpaired) electrons. The van der Waals surface area contributed by atoms with E-state index in [1.807, 2.05) is 0 Å². The van der Waals surface area contributed by atoms with Gasteiger partial charge in [-0.25, -0.2) is 14.4 Å². The lowest BCUT2D eigenvalue weighted by atomic mass is 10.4. The molecule has 0 aromatic heterocycles. The van der Waals surface area contributed by atoms with E-state index in [4.69, 9.17) is 4.74 Å². The van der Waals surface area contributed by atoms with Crippen LogP contribution in [0.25, 0.3) is 0 Å². The lowest BCUT2D eigenvalue weighted by Gasteiger charge is -2.07. The molecular formula is C12H17NO6. The van der Waals surface area contributed by atoms with Crippen molar-refractivity contribution in [2.45, 2.75) is 6.92 Å². The van der Waals surface area contributed by atoms with Gasteiger partial charge in [0.15, 0.2) is 0 Å². The van der Waals surface area contributed by atoms with Gasteiger partial charge in [-0.3, -0.25) is 0 Å². The first-order valence-corrected chi connectivity index (χ1v) is 5.49. The third kappa shape index (κ3) is 9.40. The molecule has 0 aliphatic rings. The molecule has 0 unspecified atom stereocenters. The molecule has 106 valence electrons. The molecule has 0 aromatic rings. The number of carbonyl (C=O) groups excluding carboxylic acids is 3. The smallest absolute Gasteiger partial charge is 0.407 e. The number of rotatable bonds is 8. The van der Waals surface area contributed by atoms with Crippen LogP contribution in [-0.2, 0) is 23.8 Å². The standard InChI is InChI=1S/C12H17NO6/c1-4-10(14)17-7-8-19-12(16)13-5-6-18-11(15)9(2)3/h4H,1-2,5-8H2,3H3,(H,13,16). The van der Waals surface area contributed by atoms with Gasteiger partial charge in [-0.05, 0) is 6.92 Å². The monoisotopic (exact) mass is 271 g/mol. The highest BCUT2D eigenvalue weighted by Crippen LogP contribution is 1.90. The first-order valence-electron chi connectivity index (χ1n) is 5.49. The number of amides is 1. The van der Waals surface area contributed by atoms with Crippen LogP contribution in [0.2, 0.25) is 0 Å². The number of esters is 2. The van der Waals surface area contributed by atoms with Gasteiger partial charge in [0, 0.05) is 11.6 Å². The first kappa shape index (κ1) is 16.7. The summed E-state index contributed by atoms with van der Waals surface area (Å²) in [6.45, 7) is 8.15. The van der Waals surface area contributed by atoms with Gasteiger partial charge in [0.2, 0.25) is 0 Å². The van der Waals surface area contributed by atoms with Crippen molar-refractivity contribution < 1.29 is 28.6 Å². The summed E-state index contributed by atoms with van der Waals surface area (Å²) in [5.74, 6) is -1.11. The highest BCUT2D eigenvalue weighted by atomic mass is 16.6. The fourth-order valence-corrected chi connectivity index (χ4v) is 0.807. The zero-order chi connectivity index (χ0) is 14.7. The predicted octanol–water partition coefficient (Wildman–Crippen LogP) is 0.561. The van der Waals surface area contributed by atoms with E-state index in [9.17, 15) is 14.4 Å². The molecule has 0 bridgehead atoms. The number of alkyl carbamates (subject to hydrolysis) is 1. The molecular weight excluding hydrogens is 254 g/mol. The molecule has 0 fully saturated rings. The van der Waals surface area contributed by atoms with Gasteiger partial charge in [0.05, 0.1) is 6.54 Å². The Hall–Kier alpha value is -2.31. The normalized spacial score (nSPS) is 9.11. The first-order chi connectivity index (χ1) is 8.97. The average molecular weight is 271 g/mol. The molecule has 19 heavy (non-hydrogen) atoms. The van der Waals surface area contributed by atoms with Crippen molar-refractivity contribution in [2.24, 2.45) is 0 Å². The van der Waals surface area contributed by atoms with Crippen molar-refractivity contribution in [3.63, 3.8) is 0 Å². The fourth-order valence-electron chi connectivity index (χ4n) is 0.807. The Bertz CT molecular complexity index is 363. The van der Waals surface area contributed by atoms with Crippen molar-refractivity contribution in [2.75, 3.05) is 26.4 Å². The fraction of sp³-hybridized carbons (Fsp3) is 0.417. The molecule has 0 aliphatic carbocycles. The van der Waals surface area contributed by atoms with Crippen molar-refractivity contribution in [1.29, 1.82) is 0 Å². The highest BCUT2D eigenvalue weighted by Gasteiger charge is 2.05. The minimum absolute atomic E-state index is 0.0201. The maximum absolute atomic E-state index is 11.1. The second-order valence-electron chi connectivity index (χ2n) is 3.35. The Morgan fingerprint density at radius 1 is 1.11 bits per heavy atom. The maximum Gasteiger partial charge on any atom is 0.407 e. The molecule has 1 N–H and O–H groups in total. The molecule has 0 aromatic carbocycles. The zero-order valence-corrected chi connectivity index (χ0v) is 10.8. The Labute approximate surface area is 111 Å². The van der Waals surface area contributed by atoms with E-state index < -0.39 is 18.0 Å². The van der Waals surface area contributed by atoms with E-state index in [0.717, 1.165) is 6.08 Å². The van der Waals surface area contributed by atoms with Gasteiger partial charge >= 0.3 is 18.0 Å². The van der Waals surface area contributed by atoms with Crippen LogP contribution < -0.4 is 5.32 Å². The third-order valence-electron chi connectivity index (χ3n) is 1.68. The van der Waals surface area contributed by atoms with Gasteiger partial charge in [0.1, 0.15) is 19.8 Å². The third-order valence-corrected chi connectivity index (χ3v) is 1.68. The minimum Gasteiger partial charge on any atom is -0.460 e. The number of ether oxygens (including phenoxy) is 3. The van der Waals surface area contributed by atoms with Crippen LogP contribution in [0.5, 0.6) is 0 Å². The van der Waals surface area contributed by atoms with E-state index >= 15 is 0 Å². The lowest BCUT2D eigenvalue weighted by Crippen LogP contribution is -2.29. The molecule has 0 heterocycles. The Morgan fingerprint density at radius 3 is 2.32 bits per heavy atom. The van der Waals surface area contributed by atoms with Crippen molar-refractivity contribution in [1.82, 2.24) is 5.32 Å². The van der Waals surface area contributed by atoms with Gasteiger partial charge in [-0.1, -0.05) is 13.2 Å². The van der Waals surface area contributed by atoms with Crippen LogP contribution in [0.1, 0.15) is 6.92 Å². The van der Waals surface area contributed by atoms with Crippen LogP contribution in [0, 0.1) is 0 Å². The Kier molecular flexibility index (Phi) is 8.51. The molecule has 1 amide bonds. The van der Waals surface area contributed by atoms with Crippen LogP contribution in [-0.4, -0.2) is 44.4 Å². The SMILES string of the molecule is C=CC(=O)OCCOC(=O)NCCOC(=O)C(=C)C. The molecule has 0 aliphatic heterocycles. The van der Waals surface area contributed by atoms with Crippen LogP contribution >= 0.6 is 0 Å². The number of nitrogens with one attached hydrogen (secondary N) is 1. The molecule has 0 saturated heterocycles. The second-order valence-corrected chi connectivity index (χ2v) is 3.35. The summed E-state index contributed by atoms with van der Waals surface area (Å²) >= 11 is 0. The summed E-state index contributed by atoms with van der Waals surface area (Å²) in [6, 6.07) is 0. The number of hydrogen-bond donors (Lipinski definition) is 1. The van der Waals surface area contributed by atoms with E-state index in [0.29, 0.717) is 0 Å². The number of hydrogen-bond acceptors (Lipinski definition) is 6. The summed E-state index contributed by atoms with van der Waals surface area (Å²) in [4.78, 5) is 32.7. The summed E-state index contributed by atoms with van der Waals surface area (Å²) in [7, 11) is 0. The van der Waals surface area contributed by atoms with E-state index in [-0.39, 0.29) is 31.9 Å². The highest BCUT2D eigenvalue weighted by molar-refractivity contribution is 5.86. The predicted molar refractivity (Wildman–Crippen MR) is 66.3 cm³/mol. The maximum atomic E-state index is 11.1. The van der Waals surface area contributed by atoms with Crippen molar-refractivity contribution in [3.8, 4) is 0 Å². The van der Waals surface area contributed by atoms with Gasteiger partial charge in [-0.15, -0.1) is 0 Å². The zero-order valence-electron chi connectivity index (χ0n) is 10.8. The van der Waals surface area contributed by atoms with Gasteiger partial charge < -0.3 is 19.5 Å². The van der Waals surface area contributed by atoms with Gasteiger partial charge in [-0.2, -0.15) is 0 Å². The number of carbonyl (C=O) groups is 3. The van der Waals surface area contributed by atoms with Crippen LogP contribution in [0.15, 0.2) is 24.8 Å². The molecule has 0 saturated carbocycles. The molecule has 7 heteroatoms. The van der Waals surface area contributed by atoms with Crippen LogP contribution in [0.4, 0.5) is 4.79 Å². The Balaban J connectivity index is 3.50. The summed E-state index contributed by atoms with van der Waals surface area (Å²) in [5, 5.41) is 2.35. The molecule has 0 atom stereocenters. The van der Waals surface area contributed by atoms with Crippen LogP contribution in [0.3, 0.4) is 0 Å². The molecule has 7 nitrogen and oxygen atoms in total. The summed E-state index contributed by atoms with van der Waals surface area (Å²) in [5.41, 5.74) is 0.284.